The first-order valence-corrected chi connectivity index (χ1v) is 15.3. The molecule has 2 unspecified atom stereocenters. The second-order valence-electron chi connectivity index (χ2n) is 12.5. The number of amides is 1. The van der Waals surface area contributed by atoms with E-state index in [0.717, 1.165) is 22.3 Å². The number of carboxylic acid groups (broad SMARTS) is 1. The molecule has 2 atom stereocenters. The molecule has 1 saturated heterocycles. The van der Waals surface area contributed by atoms with Crippen LogP contribution in [0.25, 0.3) is 0 Å². The molecule has 1 aliphatic rings. The summed E-state index contributed by atoms with van der Waals surface area (Å²) in [6.07, 6.45) is -0.932. The molecule has 4 rings (SSSR count). The number of benzene rings is 3. The summed E-state index contributed by atoms with van der Waals surface area (Å²) in [5, 5.41) is 13.4. The highest BCUT2D eigenvalue weighted by atomic mass is 16.6. The van der Waals surface area contributed by atoms with Gasteiger partial charge in [0.05, 0.1) is 25.6 Å². The Labute approximate surface area is 265 Å². The average Bonchev–Trinajstić information content (AvgIpc) is 3.55. The molecule has 1 fully saturated rings. The van der Waals surface area contributed by atoms with Gasteiger partial charge in [-0.05, 0) is 68.0 Å². The Kier molecular flexibility index (Phi) is 11.4. The number of ether oxygens (including phenoxy) is 3. The van der Waals surface area contributed by atoms with Crippen LogP contribution in [0.4, 0.5) is 4.79 Å². The zero-order valence-corrected chi connectivity index (χ0v) is 26.6. The number of aliphatic carboxylic acids is 1. The van der Waals surface area contributed by atoms with Crippen LogP contribution >= 0.6 is 0 Å². The summed E-state index contributed by atoms with van der Waals surface area (Å²) in [5.74, 6) is -0.747. The van der Waals surface area contributed by atoms with Gasteiger partial charge in [0.15, 0.2) is 0 Å². The van der Waals surface area contributed by atoms with E-state index in [1.54, 1.807) is 18.1 Å². The molecule has 0 aromatic heterocycles. The van der Waals surface area contributed by atoms with E-state index in [4.69, 9.17) is 14.2 Å². The standard InChI is InChI=1S/C36H44N2O7/c1-35(2,3)45-34(42)38(19-17-26-11-7-5-8-12-26)25-29-22-30(43-4)16-15-28(29)23-36(24-32(40)41,33-37-18-20-44-33)31(39)21-27-13-9-6-10-14-27/h5-16,22,33,37H,17-21,23-25H2,1-4H3,(H,40,41). The molecule has 240 valence electrons. The number of Topliss-reactive ketones (excluding diaryl/α,β-unsaturated/α-hetero) is 1. The fraction of sp³-hybridized carbons (Fsp3) is 0.417. The summed E-state index contributed by atoms with van der Waals surface area (Å²) in [5.41, 5.74) is 1.21. The average molecular weight is 617 g/mol. The van der Waals surface area contributed by atoms with Crippen LogP contribution in [-0.2, 0) is 44.9 Å². The first kappa shape index (κ1) is 33.7. The summed E-state index contributed by atoms with van der Waals surface area (Å²) >= 11 is 0. The van der Waals surface area contributed by atoms with Crippen molar-refractivity contribution < 1.29 is 33.7 Å². The Bertz CT molecular complexity index is 1430. The zero-order valence-electron chi connectivity index (χ0n) is 26.6. The summed E-state index contributed by atoms with van der Waals surface area (Å²) < 4.78 is 17.3. The first-order chi connectivity index (χ1) is 21.5. The minimum Gasteiger partial charge on any atom is -0.497 e. The molecular weight excluding hydrogens is 572 g/mol. The van der Waals surface area contributed by atoms with Gasteiger partial charge in [0.25, 0.3) is 0 Å². The van der Waals surface area contributed by atoms with Crippen LogP contribution in [0.15, 0.2) is 78.9 Å². The van der Waals surface area contributed by atoms with E-state index >= 15 is 0 Å². The van der Waals surface area contributed by atoms with E-state index < -0.39 is 35.7 Å². The molecule has 9 heteroatoms. The van der Waals surface area contributed by atoms with Crippen molar-refractivity contribution in [3.05, 3.63) is 101 Å². The number of hydrogen-bond acceptors (Lipinski definition) is 7. The third kappa shape index (κ3) is 9.39. The minimum absolute atomic E-state index is 0.0578. The Hall–Kier alpha value is -4.21. The molecule has 3 aromatic carbocycles. The fourth-order valence-corrected chi connectivity index (χ4v) is 5.66. The van der Waals surface area contributed by atoms with Crippen LogP contribution in [-0.4, -0.2) is 66.5 Å². The maximum Gasteiger partial charge on any atom is 0.410 e. The van der Waals surface area contributed by atoms with Gasteiger partial charge in [0.1, 0.15) is 23.4 Å². The van der Waals surface area contributed by atoms with Crippen molar-refractivity contribution in [1.82, 2.24) is 10.2 Å². The van der Waals surface area contributed by atoms with Crippen LogP contribution < -0.4 is 10.1 Å². The second kappa shape index (κ2) is 15.2. The zero-order chi connectivity index (χ0) is 32.5. The SMILES string of the molecule is COc1ccc(CC(CC(=O)O)(C(=O)Cc2ccccc2)C2NCCO2)c(CN(CCc2ccccc2)C(=O)OC(C)(C)C)c1. The molecule has 1 amide bonds. The molecule has 1 heterocycles. The van der Waals surface area contributed by atoms with Crippen molar-refractivity contribution in [2.45, 2.75) is 64.8 Å². The van der Waals surface area contributed by atoms with Gasteiger partial charge < -0.3 is 24.2 Å². The molecule has 45 heavy (non-hydrogen) atoms. The highest BCUT2D eigenvalue weighted by Gasteiger charge is 2.49. The number of carbonyl (C=O) groups excluding carboxylic acids is 2. The van der Waals surface area contributed by atoms with Crippen LogP contribution in [0.1, 0.15) is 49.4 Å². The number of carbonyl (C=O) groups is 3. The van der Waals surface area contributed by atoms with E-state index in [2.05, 4.69) is 5.32 Å². The van der Waals surface area contributed by atoms with Gasteiger partial charge in [0, 0.05) is 26.1 Å². The van der Waals surface area contributed by atoms with Gasteiger partial charge in [-0.2, -0.15) is 0 Å². The number of hydrogen-bond donors (Lipinski definition) is 2. The number of nitrogens with zero attached hydrogens (tertiary/aromatic N) is 1. The lowest BCUT2D eigenvalue weighted by Gasteiger charge is -2.37. The lowest BCUT2D eigenvalue weighted by molar-refractivity contribution is -0.151. The molecule has 1 aliphatic heterocycles. The van der Waals surface area contributed by atoms with Gasteiger partial charge in [-0.15, -0.1) is 0 Å². The monoisotopic (exact) mass is 616 g/mol. The van der Waals surface area contributed by atoms with E-state index in [1.165, 1.54) is 0 Å². The number of ketones is 1. The smallest absolute Gasteiger partial charge is 0.410 e. The molecular formula is C36H44N2O7. The molecule has 9 nitrogen and oxygen atoms in total. The van der Waals surface area contributed by atoms with Crippen LogP contribution in [0.2, 0.25) is 0 Å². The van der Waals surface area contributed by atoms with Crippen LogP contribution in [0.3, 0.4) is 0 Å². The quantitative estimate of drug-likeness (QED) is 0.246. The lowest BCUT2D eigenvalue weighted by atomic mass is 9.71. The highest BCUT2D eigenvalue weighted by molar-refractivity contribution is 5.91. The predicted octanol–water partition coefficient (Wildman–Crippen LogP) is 5.44. The summed E-state index contributed by atoms with van der Waals surface area (Å²) in [6, 6.07) is 24.7. The maximum absolute atomic E-state index is 14.2. The van der Waals surface area contributed by atoms with Gasteiger partial charge in [-0.25, -0.2) is 4.79 Å². The topological polar surface area (TPSA) is 114 Å². The number of rotatable bonds is 14. The number of nitrogens with one attached hydrogen (secondary N) is 1. The Morgan fingerprint density at radius 1 is 0.956 bits per heavy atom. The Morgan fingerprint density at radius 3 is 2.20 bits per heavy atom. The van der Waals surface area contributed by atoms with E-state index in [0.29, 0.717) is 31.9 Å². The minimum atomic E-state index is -1.41. The van der Waals surface area contributed by atoms with Crippen LogP contribution in [0, 0.1) is 5.41 Å². The summed E-state index contributed by atoms with van der Waals surface area (Å²) in [7, 11) is 1.56. The molecule has 3 aromatic rings. The van der Waals surface area contributed by atoms with Crippen molar-refractivity contribution in [2.75, 3.05) is 26.8 Å². The third-order valence-corrected chi connectivity index (χ3v) is 7.89. The third-order valence-electron chi connectivity index (χ3n) is 7.89. The van der Waals surface area contributed by atoms with Crippen molar-refractivity contribution in [3.63, 3.8) is 0 Å². The van der Waals surface area contributed by atoms with E-state index in [1.807, 2.05) is 93.6 Å². The molecule has 2 N–H and O–H groups in total. The van der Waals surface area contributed by atoms with Gasteiger partial charge in [-0.3, -0.25) is 14.9 Å². The lowest BCUT2D eigenvalue weighted by Crippen LogP contribution is -2.52. The van der Waals surface area contributed by atoms with Crippen LogP contribution in [0.5, 0.6) is 5.75 Å². The van der Waals surface area contributed by atoms with E-state index in [-0.39, 0.29) is 25.2 Å². The predicted molar refractivity (Wildman–Crippen MR) is 171 cm³/mol. The Morgan fingerprint density at radius 2 is 1.62 bits per heavy atom. The highest BCUT2D eigenvalue weighted by Crippen LogP contribution is 2.38. The van der Waals surface area contributed by atoms with Gasteiger partial charge in [-0.1, -0.05) is 66.7 Å². The van der Waals surface area contributed by atoms with Crippen molar-refractivity contribution in [1.29, 1.82) is 0 Å². The molecule has 0 aliphatic carbocycles. The van der Waals surface area contributed by atoms with Gasteiger partial charge in [0.2, 0.25) is 0 Å². The van der Waals surface area contributed by atoms with Gasteiger partial charge >= 0.3 is 12.1 Å². The number of methoxy groups -OCH3 is 1. The molecule has 0 saturated carbocycles. The summed E-state index contributed by atoms with van der Waals surface area (Å²) in [6.45, 7) is 6.90. The first-order valence-electron chi connectivity index (χ1n) is 15.3. The van der Waals surface area contributed by atoms with Crippen molar-refractivity contribution >= 4 is 17.8 Å². The number of carboxylic acids is 1. The molecule has 0 bridgehead atoms. The normalized spacial score (nSPS) is 16.0. The summed E-state index contributed by atoms with van der Waals surface area (Å²) in [4.78, 5) is 41.8. The second-order valence-corrected chi connectivity index (χ2v) is 12.5. The van der Waals surface area contributed by atoms with Crippen molar-refractivity contribution in [2.24, 2.45) is 5.41 Å². The van der Waals surface area contributed by atoms with E-state index in [9.17, 15) is 19.5 Å². The largest absolute Gasteiger partial charge is 0.497 e. The molecule has 0 radical (unpaired) electrons. The Balaban J connectivity index is 1.73. The molecule has 0 spiro atoms. The fourth-order valence-electron chi connectivity index (χ4n) is 5.66. The maximum atomic E-state index is 14.2. The van der Waals surface area contributed by atoms with Crippen molar-refractivity contribution in [3.8, 4) is 5.75 Å².